The Morgan fingerprint density at radius 1 is 1.06 bits per heavy atom. The van der Waals surface area contributed by atoms with Crippen LogP contribution in [0.2, 0.25) is 0 Å². The van der Waals surface area contributed by atoms with Gasteiger partial charge in [-0.05, 0) is 50.5 Å². The minimum absolute atomic E-state index is 0.718. The van der Waals surface area contributed by atoms with E-state index in [1.807, 2.05) is 0 Å². The van der Waals surface area contributed by atoms with Gasteiger partial charge in [-0.25, -0.2) is 0 Å². The van der Waals surface area contributed by atoms with Gasteiger partial charge in [0.1, 0.15) is 0 Å². The van der Waals surface area contributed by atoms with E-state index >= 15 is 0 Å². The van der Waals surface area contributed by atoms with Crippen LogP contribution in [0.1, 0.15) is 74.9 Å². The molecule has 0 N–H and O–H groups in total. The molecule has 0 amide bonds. The number of fused-ring (bicyclic) bond motifs is 1. The van der Waals surface area contributed by atoms with Crippen molar-refractivity contribution in [2.45, 2.75) is 77.2 Å². The quantitative estimate of drug-likeness (QED) is 0.757. The van der Waals surface area contributed by atoms with E-state index in [-0.39, 0.29) is 0 Å². The number of nitrogens with zero attached hydrogens (tertiary/aromatic N) is 2. The van der Waals surface area contributed by atoms with Gasteiger partial charge in [0.25, 0.3) is 0 Å². The molecular weight excluding hydrogens is 208 g/mol. The molecule has 3 rings (SSSR count). The van der Waals surface area contributed by atoms with Crippen molar-refractivity contribution in [3.63, 3.8) is 0 Å². The molecule has 2 aliphatic rings. The van der Waals surface area contributed by atoms with Crippen LogP contribution in [0.25, 0.3) is 0 Å². The molecule has 1 aromatic heterocycles. The fourth-order valence-electron chi connectivity index (χ4n) is 3.62. The second-order valence-corrected chi connectivity index (χ2v) is 5.67. The summed E-state index contributed by atoms with van der Waals surface area (Å²) in [5, 5.41) is 4.95. The number of hydrogen-bond acceptors (Lipinski definition) is 1. The van der Waals surface area contributed by atoms with E-state index in [2.05, 4.69) is 11.6 Å². The summed E-state index contributed by atoms with van der Waals surface area (Å²) in [5.41, 5.74) is 4.61. The summed E-state index contributed by atoms with van der Waals surface area (Å²) >= 11 is 0. The first-order chi connectivity index (χ1) is 8.40. The van der Waals surface area contributed by atoms with Crippen molar-refractivity contribution in [3.05, 3.63) is 17.0 Å². The van der Waals surface area contributed by atoms with Gasteiger partial charge < -0.3 is 0 Å². The van der Waals surface area contributed by atoms with Gasteiger partial charge >= 0.3 is 0 Å². The maximum atomic E-state index is 4.95. The molecule has 0 aliphatic heterocycles. The van der Waals surface area contributed by atoms with Crippen molar-refractivity contribution in [1.29, 1.82) is 0 Å². The lowest BCUT2D eigenvalue weighted by atomic mass is 9.92. The molecule has 1 heterocycles. The van der Waals surface area contributed by atoms with Crippen molar-refractivity contribution in [3.8, 4) is 0 Å². The number of rotatable bonds is 2. The zero-order chi connectivity index (χ0) is 11.7. The standard InChI is InChI=1S/C15H24N2/c1-2-14-13-10-6-7-11-15(13)17(16-14)12-8-4-3-5-9-12/h12H,2-11H2,1H3. The molecule has 1 fully saturated rings. The molecule has 0 saturated heterocycles. The number of aryl methyl sites for hydroxylation is 1. The average molecular weight is 232 g/mol. The molecular formula is C15H24N2. The third-order valence-corrected chi connectivity index (χ3v) is 4.55. The van der Waals surface area contributed by atoms with E-state index in [0.29, 0.717) is 0 Å². The van der Waals surface area contributed by atoms with Crippen LogP contribution in [0, 0.1) is 0 Å². The van der Waals surface area contributed by atoms with Crippen LogP contribution in [0.4, 0.5) is 0 Å². The first-order valence-corrected chi connectivity index (χ1v) is 7.49. The minimum Gasteiger partial charge on any atom is -0.266 e. The largest absolute Gasteiger partial charge is 0.266 e. The van der Waals surface area contributed by atoms with Crippen molar-refractivity contribution in [2.75, 3.05) is 0 Å². The van der Waals surface area contributed by atoms with Crippen LogP contribution >= 0.6 is 0 Å². The van der Waals surface area contributed by atoms with Crippen LogP contribution in [-0.4, -0.2) is 9.78 Å². The Kier molecular flexibility index (Phi) is 3.21. The fraction of sp³-hybridized carbons (Fsp3) is 0.800. The van der Waals surface area contributed by atoms with Crippen LogP contribution in [0.3, 0.4) is 0 Å². The van der Waals surface area contributed by atoms with Crippen LogP contribution in [-0.2, 0) is 19.3 Å². The lowest BCUT2D eigenvalue weighted by Gasteiger charge is -2.25. The topological polar surface area (TPSA) is 17.8 Å². The number of aromatic nitrogens is 2. The maximum absolute atomic E-state index is 4.95. The van der Waals surface area contributed by atoms with E-state index < -0.39 is 0 Å². The van der Waals surface area contributed by atoms with Gasteiger partial charge in [0.15, 0.2) is 0 Å². The van der Waals surface area contributed by atoms with Crippen LogP contribution < -0.4 is 0 Å². The van der Waals surface area contributed by atoms with Gasteiger partial charge in [-0.15, -0.1) is 0 Å². The molecule has 0 atom stereocenters. The van der Waals surface area contributed by atoms with Gasteiger partial charge in [-0.1, -0.05) is 26.2 Å². The van der Waals surface area contributed by atoms with E-state index in [1.165, 1.54) is 63.5 Å². The Hall–Kier alpha value is -0.790. The zero-order valence-electron chi connectivity index (χ0n) is 11.0. The predicted molar refractivity (Wildman–Crippen MR) is 70.4 cm³/mol. The van der Waals surface area contributed by atoms with Crippen molar-refractivity contribution < 1.29 is 0 Å². The minimum atomic E-state index is 0.718. The monoisotopic (exact) mass is 232 g/mol. The first kappa shape index (κ1) is 11.3. The highest BCUT2D eigenvalue weighted by molar-refractivity contribution is 5.29. The van der Waals surface area contributed by atoms with E-state index in [4.69, 9.17) is 5.10 Å². The Balaban J connectivity index is 1.95. The molecule has 0 aromatic carbocycles. The lowest BCUT2D eigenvalue weighted by Crippen LogP contribution is -2.18. The normalized spacial score (nSPS) is 21.5. The van der Waals surface area contributed by atoms with Crippen molar-refractivity contribution in [2.24, 2.45) is 0 Å². The Labute approximate surface area is 104 Å². The molecule has 94 valence electrons. The molecule has 0 unspecified atom stereocenters. The van der Waals surface area contributed by atoms with Crippen molar-refractivity contribution >= 4 is 0 Å². The summed E-state index contributed by atoms with van der Waals surface area (Å²) in [4.78, 5) is 0. The molecule has 0 bridgehead atoms. The summed E-state index contributed by atoms with van der Waals surface area (Å²) in [5.74, 6) is 0. The zero-order valence-corrected chi connectivity index (χ0v) is 11.0. The van der Waals surface area contributed by atoms with Crippen molar-refractivity contribution in [1.82, 2.24) is 9.78 Å². The van der Waals surface area contributed by atoms with Gasteiger partial charge in [-0.3, -0.25) is 4.68 Å². The first-order valence-electron chi connectivity index (χ1n) is 7.49. The molecule has 1 aromatic rings. The predicted octanol–water partition coefficient (Wildman–Crippen LogP) is 3.83. The van der Waals surface area contributed by atoms with E-state index in [1.54, 1.807) is 11.3 Å². The van der Waals surface area contributed by atoms with E-state index in [9.17, 15) is 0 Å². The van der Waals surface area contributed by atoms with Crippen LogP contribution in [0.15, 0.2) is 0 Å². The number of hydrogen-bond donors (Lipinski definition) is 0. The van der Waals surface area contributed by atoms with Gasteiger partial charge in [-0.2, -0.15) is 5.10 Å². The summed E-state index contributed by atoms with van der Waals surface area (Å²) in [6, 6.07) is 0.718. The summed E-state index contributed by atoms with van der Waals surface area (Å²) in [6.07, 6.45) is 13.4. The lowest BCUT2D eigenvalue weighted by molar-refractivity contribution is 0.319. The highest BCUT2D eigenvalue weighted by Crippen LogP contribution is 2.33. The smallest absolute Gasteiger partial charge is 0.0656 e. The Morgan fingerprint density at radius 3 is 2.59 bits per heavy atom. The van der Waals surface area contributed by atoms with E-state index in [0.717, 1.165) is 12.5 Å². The highest BCUT2D eigenvalue weighted by atomic mass is 15.3. The summed E-state index contributed by atoms with van der Waals surface area (Å²) in [6.45, 7) is 2.25. The Morgan fingerprint density at radius 2 is 1.82 bits per heavy atom. The van der Waals surface area contributed by atoms with Gasteiger partial charge in [0, 0.05) is 5.69 Å². The van der Waals surface area contributed by atoms with Crippen LogP contribution in [0.5, 0.6) is 0 Å². The summed E-state index contributed by atoms with van der Waals surface area (Å²) < 4.78 is 2.44. The molecule has 2 aliphatic carbocycles. The molecule has 0 radical (unpaired) electrons. The second kappa shape index (κ2) is 4.83. The fourth-order valence-corrected chi connectivity index (χ4v) is 3.62. The third kappa shape index (κ3) is 2.02. The molecule has 2 nitrogen and oxygen atoms in total. The Bertz CT molecular complexity index is 386. The average Bonchev–Trinajstić information content (AvgIpc) is 2.78. The molecule has 0 spiro atoms. The summed E-state index contributed by atoms with van der Waals surface area (Å²) in [7, 11) is 0. The molecule has 17 heavy (non-hydrogen) atoms. The highest BCUT2D eigenvalue weighted by Gasteiger charge is 2.24. The maximum Gasteiger partial charge on any atom is 0.0656 e. The van der Waals surface area contributed by atoms with Gasteiger partial charge in [0.2, 0.25) is 0 Å². The molecule has 2 heteroatoms. The SMILES string of the molecule is CCc1nn(C2CCCCC2)c2c1CCCC2. The van der Waals surface area contributed by atoms with Gasteiger partial charge in [0.05, 0.1) is 11.7 Å². The third-order valence-electron chi connectivity index (χ3n) is 4.55. The molecule has 1 saturated carbocycles. The second-order valence-electron chi connectivity index (χ2n) is 5.67.